The minimum Gasteiger partial charge on any atom is -0.467 e. The molecule has 0 spiro atoms. The van der Waals surface area contributed by atoms with E-state index in [0.29, 0.717) is 6.42 Å². The lowest BCUT2D eigenvalue weighted by molar-refractivity contribution is -0.147. The Kier molecular flexibility index (Phi) is 5.83. The van der Waals surface area contributed by atoms with Crippen molar-refractivity contribution in [1.29, 1.82) is 0 Å². The number of methoxy groups -OCH3 is 1. The maximum Gasteiger partial charge on any atom is 0.331 e. The van der Waals surface area contributed by atoms with Gasteiger partial charge in [0.1, 0.15) is 22.7 Å². The summed E-state index contributed by atoms with van der Waals surface area (Å²) in [6.07, 6.45) is 0.863. The van der Waals surface area contributed by atoms with Gasteiger partial charge in [0.15, 0.2) is 0 Å². The highest BCUT2D eigenvalue weighted by Crippen LogP contribution is 2.21. The van der Waals surface area contributed by atoms with Crippen LogP contribution in [0.1, 0.15) is 37.0 Å². The van der Waals surface area contributed by atoms with Gasteiger partial charge in [-0.25, -0.2) is 13.6 Å². The fourth-order valence-electron chi connectivity index (χ4n) is 2.01. The third-order valence-corrected chi connectivity index (χ3v) is 3.47. The summed E-state index contributed by atoms with van der Waals surface area (Å²) in [6.45, 7) is 3.27. The molecule has 0 saturated heterocycles. The van der Waals surface area contributed by atoms with Gasteiger partial charge in [-0.05, 0) is 25.5 Å². The van der Waals surface area contributed by atoms with Gasteiger partial charge in [-0.1, -0.05) is 29.3 Å². The normalized spacial score (nSPS) is 13.4. The standard InChI is InChI=1S/C14H16BrF2NO3/c1-4-5-14(2,13(20)21-3)18-12(19)11-9(16)6-8(15)7-10(11)17/h6-7H,4-5H2,1-3H3,(H,18,19). The molecule has 0 radical (unpaired) electrons. The molecule has 0 aliphatic rings. The molecular formula is C14H16BrF2NO3. The minimum absolute atomic E-state index is 0.179. The monoisotopic (exact) mass is 363 g/mol. The van der Waals surface area contributed by atoms with E-state index in [9.17, 15) is 18.4 Å². The lowest BCUT2D eigenvalue weighted by atomic mass is 9.95. The van der Waals surface area contributed by atoms with E-state index >= 15 is 0 Å². The summed E-state index contributed by atoms with van der Waals surface area (Å²) in [7, 11) is 1.18. The summed E-state index contributed by atoms with van der Waals surface area (Å²) < 4.78 is 32.3. The fraction of sp³-hybridized carbons (Fsp3) is 0.429. The Morgan fingerprint density at radius 1 is 1.33 bits per heavy atom. The second-order valence-corrected chi connectivity index (χ2v) is 5.69. The Labute approximate surface area is 130 Å². The van der Waals surface area contributed by atoms with Gasteiger partial charge in [-0.15, -0.1) is 0 Å². The summed E-state index contributed by atoms with van der Waals surface area (Å²) in [6, 6.07) is 1.96. The van der Waals surface area contributed by atoms with Crippen LogP contribution in [-0.2, 0) is 9.53 Å². The zero-order valence-corrected chi connectivity index (χ0v) is 13.5. The Balaban J connectivity index is 3.11. The quantitative estimate of drug-likeness (QED) is 0.817. The predicted octanol–water partition coefficient (Wildman–Crippen LogP) is 3.19. The van der Waals surface area contributed by atoms with Crippen LogP contribution in [0.2, 0.25) is 0 Å². The number of esters is 1. The van der Waals surface area contributed by atoms with E-state index in [1.165, 1.54) is 14.0 Å². The third kappa shape index (κ3) is 4.00. The van der Waals surface area contributed by atoms with E-state index in [0.717, 1.165) is 12.1 Å². The summed E-state index contributed by atoms with van der Waals surface area (Å²) in [5.74, 6) is -3.69. The van der Waals surface area contributed by atoms with Gasteiger partial charge in [0.05, 0.1) is 7.11 Å². The average molecular weight is 364 g/mol. The van der Waals surface area contributed by atoms with E-state index in [-0.39, 0.29) is 10.9 Å². The molecule has 4 nitrogen and oxygen atoms in total. The molecule has 0 heterocycles. The Morgan fingerprint density at radius 2 is 1.86 bits per heavy atom. The number of benzene rings is 1. The van der Waals surface area contributed by atoms with Crippen molar-refractivity contribution in [2.45, 2.75) is 32.2 Å². The first kappa shape index (κ1) is 17.6. The molecule has 1 rings (SSSR count). The Bertz CT molecular complexity index is 542. The van der Waals surface area contributed by atoms with Crippen molar-refractivity contribution in [2.75, 3.05) is 7.11 Å². The van der Waals surface area contributed by atoms with Crippen molar-refractivity contribution >= 4 is 27.8 Å². The molecule has 21 heavy (non-hydrogen) atoms. The highest BCUT2D eigenvalue weighted by atomic mass is 79.9. The predicted molar refractivity (Wildman–Crippen MR) is 76.9 cm³/mol. The van der Waals surface area contributed by atoms with Crippen LogP contribution in [0.3, 0.4) is 0 Å². The van der Waals surface area contributed by atoms with E-state index in [4.69, 9.17) is 0 Å². The van der Waals surface area contributed by atoms with Crippen LogP contribution >= 0.6 is 15.9 Å². The van der Waals surface area contributed by atoms with Crippen molar-refractivity contribution in [3.63, 3.8) is 0 Å². The zero-order valence-electron chi connectivity index (χ0n) is 11.9. The number of amides is 1. The van der Waals surface area contributed by atoms with Crippen LogP contribution in [-0.4, -0.2) is 24.5 Å². The number of carbonyl (C=O) groups is 2. The van der Waals surface area contributed by atoms with Crippen LogP contribution in [0, 0.1) is 11.6 Å². The van der Waals surface area contributed by atoms with Crippen molar-refractivity contribution in [3.8, 4) is 0 Å². The first-order valence-corrected chi connectivity index (χ1v) is 7.10. The van der Waals surface area contributed by atoms with E-state index in [2.05, 4.69) is 26.0 Å². The van der Waals surface area contributed by atoms with E-state index in [1.54, 1.807) is 0 Å². The minimum atomic E-state index is -1.34. The van der Waals surface area contributed by atoms with Gasteiger partial charge >= 0.3 is 5.97 Å². The number of halogens is 3. The third-order valence-electron chi connectivity index (χ3n) is 3.01. The lowest BCUT2D eigenvalue weighted by Crippen LogP contribution is -2.53. The number of carbonyl (C=O) groups excluding carboxylic acids is 2. The van der Waals surface area contributed by atoms with Gasteiger partial charge in [0, 0.05) is 4.47 Å². The summed E-state index contributed by atoms with van der Waals surface area (Å²) in [5, 5.41) is 2.35. The molecule has 7 heteroatoms. The molecule has 1 amide bonds. The highest BCUT2D eigenvalue weighted by molar-refractivity contribution is 9.10. The van der Waals surface area contributed by atoms with Gasteiger partial charge < -0.3 is 10.1 Å². The number of nitrogens with one attached hydrogen (secondary N) is 1. The Hall–Kier alpha value is -1.50. The Morgan fingerprint density at radius 3 is 2.29 bits per heavy atom. The highest BCUT2D eigenvalue weighted by Gasteiger charge is 2.36. The molecule has 1 atom stereocenters. The summed E-state index contributed by atoms with van der Waals surface area (Å²) in [4.78, 5) is 23.9. The lowest BCUT2D eigenvalue weighted by Gasteiger charge is -2.27. The molecule has 1 aromatic carbocycles. The van der Waals surface area contributed by atoms with Crippen molar-refractivity contribution in [2.24, 2.45) is 0 Å². The van der Waals surface area contributed by atoms with Gasteiger partial charge in [0.2, 0.25) is 0 Å². The first-order chi connectivity index (χ1) is 9.75. The molecule has 116 valence electrons. The first-order valence-electron chi connectivity index (χ1n) is 6.30. The summed E-state index contributed by atoms with van der Waals surface area (Å²) in [5.41, 5.74) is -2.07. The van der Waals surface area contributed by atoms with Gasteiger partial charge in [-0.3, -0.25) is 4.79 Å². The molecular weight excluding hydrogens is 348 g/mol. The molecule has 0 saturated carbocycles. The van der Waals surface area contributed by atoms with E-state index < -0.39 is 34.6 Å². The maximum absolute atomic E-state index is 13.8. The van der Waals surface area contributed by atoms with Crippen molar-refractivity contribution in [3.05, 3.63) is 33.8 Å². The van der Waals surface area contributed by atoms with Gasteiger partial charge in [-0.2, -0.15) is 0 Å². The molecule has 1 unspecified atom stereocenters. The van der Waals surface area contributed by atoms with E-state index in [1.807, 2.05) is 6.92 Å². The molecule has 1 N–H and O–H groups in total. The van der Waals surface area contributed by atoms with Crippen molar-refractivity contribution in [1.82, 2.24) is 5.32 Å². The zero-order chi connectivity index (χ0) is 16.2. The number of hydrogen-bond acceptors (Lipinski definition) is 3. The second kappa shape index (κ2) is 6.98. The number of rotatable bonds is 5. The average Bonchev–Trinajstić information content (AvgIpc) is 2.36. The van der Waals surface area contributed by atoms with Gasteiger partial charge in [0.25, 0.3) is 5.91 Å². The SMILES string of the molecule is CCCC(C)(NC(=O)c1c(F)cc(Br)cc1F)C(=O)OC. The largest absolute Gasteiger partial charge is 0.467 e. The molecule has 1 aromatic rings. The smallest absolute Gasteiger partial charge is 0.331 e. The molecule has 0 fully saturated rings. The second-order valence-electron chi connectivity index (χ2n) is 4.77. The van der Waals surface area contributed by atoms with Crippen LogP contribution in [0.5, 0.6) is 0 Å². The van der Waals surface area contributed by atoms with Crippen LogP contribution in [0.4, 0.5) is 8.78 Å². The topological polar surface area (TPSA) is 55.4 Å². The van der Waals surface area contributed by atoms with Crippen LogP contribution in [0.25, 0.3) is 0 Å². The molecule has 0 aromatic heterocycles. The molecule has 0 aliphatic carbocycles. The van der Waals surface area contributed by atoms with Crippen LogP contribution in [0.15, 0.2) is 16.6 Å². The number of ether oxygens (including phenoxy) is 1. The molecule has 0 aliphatic heterocycles. The fourth-order valence-corrected chi connectivity index (χ4v) is 2.42. The molecule has 0 bridgehead atoms. The van der Waals surface area contributed by atoms with Crippen molar-refractivity contribution < 1.29 is 23.1 Å². The van der Waals surface area contributed by atoms with Crippen LogP contribution < -0.4 is 5.32 Å². The number of hydrogen-bond donors (Lipinski definition) is 1. The summed E-state index contributed by atoms with van der Waals surface area (Å²) >= 11 is 2.93. The maximum atomic E-state index is 13.8.